The molecule has 2 aliphatic rings. The van der Waals surface area contributed by atoms with Gasteiger partial charge in [-0.3, -0.25) is 4.79 Å². The zero-order chi connectivity index (χ0) is 19.8. The van der Waals surface area contributed by atoms with Gasteiger partial charge in [0.2, 0.25) is 0 Å². The van der Waals surface area contributed by atoms with Gasteiger partial charge in [0.15, 0.2) is 5.65 Å². The van der Waals surface area contributed by atoms with Crippen LogP contribution in [0.5, 0.6) is 0 Å². The fourth-order valence-electron chi connectivity index (χ4n) is 4.32. The van der Waals surface area contributed by atoms with E-state index in [1.54, 1.807) is 6.33 Å². The maximum absolute atomic E-state index is 13.3. The van der Waals surface area contributed by atoms with Crippen molar-refractivity contribution in [2.75, 3.05) is 51.3 Å². The number of hydrogen-bond donors (Lipinski definition) is 1. The molecule has 152 valence electrons. The molecule has 0 spiro atoms. The van der Waals surface area contributed by atoms with Crippen LogP contribution in [-0.4, -0.2) is 77.7 Å². The zero-order valence-corrected chi connectivity index (χ0v) is 16.7. The molecule has 0 aromatic carbocycles. The second kappa shape index (κ2) is 7.61. The lowest BCUT2D eigenvalue weighted by molar-refractivity contribution is 0.0860. The molecule has 8 heteroatoms. The summed E-state index contributed by atoms with van der Waals surface area (Å²) in [5, 5.41) is 3.92. The second-order valence-electron chi connectivity index (χ2n) is 7.86. The average Bonchev–Trinajstić information content (AvgIpc) is 3.38. The van der Waals surface area contributed by atoms with Crippen molar-refractivity contribution in [2.24, 2.45) is 0 Å². The molecule has 1 amide bonds. The lowest BCUT2D eigenvalue weighted by Crippen LogP contribution is -2.45. The molecule has 1 N–H and O–H groups in total. The number of rotatable bonds is 4. The minimum absolute atomic E-state index is 0.0932. The Morgan fingerprint density at radius 2 is 2.10 bits per heavy atom. The first-order valence-corrected chi connectivity index (χ1v) is 10.3. The van der Waals surface area contributed by atoms with Gasteiger partial charge in [0, 0.05) is 45.5 Å². The third-order valence-corrected chi connectivity index (χ3v) is 5.95. The number of nitrogens with one attached hydrogen (secondary N) is 1. The van der Waals surface area contributed by atoms with Gasteiger partial charge < -0.3 is 24.3 Å². The quantitative estimate of drug-likeness (QED) is 0.724. The van der Waals surface area contributed by atoms with E-state index in [0.717, 1.165) is 68.0 Å². The number of pyridine rings is 1. The third-order valence-electron chi connectivity index (χ3n) is 5.95. The topological polar surface area (TPSA) is 75.0 Å². The second-order valence-corrected chi connectivity index (χ2v) is 7.86. The van der Waals surface area contributed by atoms with Crippen LogP contribution in [0, 0.1) is 0 Å². The van der Waals surface area contributed by atoms with Crippen LogP contribution < -0.4 is 10.2 Å². The van der Waals surface area contributed by atoms with Gasteiger partial charge in [-0.1, -0.05) is 6.07 Å². The van der Waals surface area contributed by atoms with Crippen LogP contribution in [-0.2, 0) is 4.74 Å². The van der Waals surface area contributed by atoms with Crippen molar-refractivity contribution < 1.29 is 9.53 Å². The molecule has 1 unspecified atom stereocenters. The smallest absolute Gasteiger partial charge is 0.254 e. The number of nitrogens with zero attached hydrogens (tertiary/aromatic N) is 5. The van der Waals surface area contributed by atoms with Crippen LogP contribution in [0.2, 0.25) is 0 Å². The number of anilines is 1. The van der Waals surface area contributed by atoms with Crippen molar-refractivity contribution in [1.82, 2.24) is 24.6 Å². The predicted molar refractivity (Wildman–Crippen MR) is 112 cm³/mol. The van der Waals surface area contributed by atoms with Crippen molar-refractivity contribution >= 4 is 28.3 Å². The normalized spacial score (nSPS) is 20.6. The predicted octanol–water partition coefficient (Wildman–Crippen LogP) is 1.54. The summed E-state index contributed by atoms with van der Waals surface area (Å²) in [5.74, 6) is 0.749. The minimum Gasteiger partial charge on any atom is -0.376 e. The summed E-state index contributed by atoms with van der Waals surface area (Å²) in [7, 11) is 2.13. The first-order chi connectivity index (χ1) is 14.2. The Hall–Kier alpha value is -2.71. The number of piperazine rings is 1. The van der Waals surface area contributed by atoms with Gasteiger partial charge in [-0.2, -0.15) is 0 Å². The van der Waals surface area contributed by atoms with Crippen LogP contribution >= 0.6 is 0 Å². The first kappa shape index (κ1) is 18.3. The number of amides is 1. The molecule has 5 rings (SSSR count). The molecule has 29 heavy (non-hydrogen) atoms. The van der Waals surface area contributed by atoms with Gasteiger partial charge in [0.05, 0.1) is 22.6 Å². The molecule has 0 radical (unpaired) electrons. The van der Waals surface area contributed by atoms with E-state index in [1.807, 2.05) is 28.8 Å². The molecule has 0 aliphatic carbocycles. The number of hydrogen-bond acceptors (Lipinski definition) is 6. The molecular formula is C21H26N6O2. The number of ether oxygens (including phenoxy) is 1. The maximum atomic E-state index is 13.3. The standard InChI is InChI=1S/C21H26N6O2/c1-25-8-10-26(11-9-25)19-18-17(21(28)22-13-15-5-4-12-29-15)16-6-2-3-7-27(16)20(18)24-14-23-19/h2-3,6-7,14-15H,4-5,8-13H2,1H3,(H,22,28). The van der Waals surface area contributed by atoms with Crippen LogP contribution in [0.3, 0.4) is 0 Å². The fraction of sp³-hybridized carbons (Fsp3) is 0.476. The van der Waals surface area contributed by atoms with Gasteiger partial charge in [-0.05, 0) is 32.0 Å². The monoisotopic (exact) mass is 394 g/mol. The Bertz CT molecular complexity index is 1030. The molecule has 8 nitrogen and oxygen atoms in total. The molecule has 5 heterocycles. The molecule has 0 bridgehead atoms. The SMILES string of the molecule is CN1CCN(c2ncnc3c2c(C(=O)NCC2CCCO2)c2ccccn23)CC1. The maximum Gasteiger partial charge on any atom is 0.254 e. The molecule has 3 aromatic rings. The van der Waals surface area contributed by atoms with E-state index in [9.17, 15) is 4.79 Å². The highest BCUT2D eigenvalue weighted by molar-refractivity contribution is 6.16. The molecule has 0 saturated carbocycles. The summed E-state index contributed by atoms with van der Waals surface area (Å²) in [4.78, 5) is 27.0. The summed E-state index contributed by atoms with van der Waals surface area (Å²) in [5.41, 5.74) is 2.27. The van der Waals surface area contributed by atoms with Crippen molar-refractivity contribution in [1.29, 1.82) is 0 Å². The first-order valence-electron chi connectivity index (χ1n) is 10.3. The lowest BCUT2D eigenvalue weighted by atomic mass is 10.1. The van der Waals surface area contributed by atoms with E-state index in [2.05, 4.69) is 32.1 Å². The minimum atomic E-state index is -0.0932. The summed E-state index contributed by atoms with van der Waals surface area (Å²) in [6.07, 6.45) is 5.71. The van der Waals surface area contributed by atoms with Gasteiger partial charge in [-0.15, -0.1) is 0 Å². The summed E-state index contributed by atoms with van der Waals surface area (Å²) >= 11 is 0. The van der Waals surface area contributed by atoms with Crippen LogP contribution in [0.4, 0.5) is 5.82 Å². The fourth-order valence-corrected chi connectivity index (χ4v) is 4.32. The molecule has 2 aliphatic heterocycles. The van der Waals surface area contributed by atoms with Crippen LogP contribution in [0.1, 0.15) is 23.2 Å². The number of carbonyl (C=O) groups is 1. The van der Waals surface area contributed by atoms with E-state index in [1.165, 1.54) is 0 Å². The van der Waals surface area contributed by atoms with Gasteiger partial charge in [0.25, 0.3) is 5.91 Å². The van der Waals surface area contributed by atoms with Crippen LogP contribution in [0.15, 0.2) is 30.7 Å². The van der Waals surface area contributed by atoms with E-state index in [-0.39, 0.29) is 12.0 Å². The third kappa shape index (κ3) is 3.32. The van der Waals surface area contributed by atoms with Crippen molar-refractivity contribution in [3.8, 4) is 0 Å². The van der Waals surface area contributed by atoms with Crippen LogP contribution in [0.25, 0.3) is 16.6 Å². The Morgan fingerprint density at radius 1 is 1.24 bits per heavy atom. The Labute approximate surface area is 169 Å². The van der Waals surface area contributed by atoms with Gasteiger partial charge in [0.1, 0.15) is 12.1 Å². The van der Waals surface area contributed by atoms with Crippen molar-refractivity contribution in [2.45, 2.75) is 18.9 Å². The summed E-state index contributed by atoms with van der Waals surface area (Å²) in [6.45, 7) is 5.01. The molecule has 2 fully saturated rings. The van der Waals surface area contributed by atoms with E-state index in [4.69, 9.17) is 4.74 Å². The van der Waals surface area contributed by atoms with Crippen molar-refractivity contribution in [3.63, 3.8) is 0 Å². The largest absolute Gasteiger partial charge is 0.376 e. The number of carbonyl (C=O) groups excluding carboxylic acids is 1. The molecule has 3 aromatic heterocycles. The van der Waals surface area contributed by atoms with Gasteiger partial charge >= 0.3 is 0 Å². The molecule has 1 atom stereocenters. The van der Waals surface area contributed by atoms with E-state index in [0.29, 0.717) is 12.1 Å². The van der Waals surface area contributed by atoms with Gasteiger partial charge in [-0.25, -0.2) is 9.97 Å². The lowest BCUT2D eigenvalue weighted by Gasteiger charge is -2.33. The van der Waals surface area contributed by atoms with Crippen molar-refractivity contribution in [3.05, 3.63) is 36.3 Å². The van der Waals surface area contributed by atoms with E-state index >= 15 is 0 Å². The molecular weight excluding hydrogens is 368 g/mol. The number of likely N-dealkylation sites (N-methyl/N-ethyl adjacent to an activating group) is 1. The summed E-state index contributed by atoms with van der Waals surface area (Å²) < 4.78 is 7.65. The Morgan fingerprint density at radius 3 is 2.90 bits per heavy atom. The van der Waals surface area contributed by atoms with E-state index < -0.39 is 0 Å². The highest BCUT2D eigenvalue weighted by atomic mass is 16.5. The average molecular weight is 394 g/mol. The highest BCUT2D eigenvalue weighted by Crippen LogP contribution is 2.32. The zero-order valence-electron chi connectivity index (χ0n) is 16.7. The highest BCUT2D eigenvalue weighted by Gasteiger charge is 2.27. The number of aromatic nitrogens is 3. The summed E-state index contributed by atoms with van der Waals surface area (Å²) in [6, 6.07) is 5.88. The Balaban J connectivity index is 1.59. The number of fused-ring (bicyclic) bond motifs is 3. The molecule has 2 saturated heterocycles. The Kier molecular flexibility index (Phi) is 4.81.